The maximum Gasteiger partial charge on any atom is 0.255 e. The molecule has 1 N–H and O–H groups in total. The summed E-state index contributed by atoms with van der Waals surface area (Å²) in [7, 11) is 3.10. The van der Waals surface area contributed by atoms with Crippen molar-refractivity contribution in [2.75, 3.05) is 14.2 Å². The molecule has 0 bridgehead atoms. The van der Waals surface area contributed by atoms with E-state index in [-0.39, 0.29) is 11.9 Å². The number of methoxy groups -OCH3 is 2. The summed E-state index contributed by atoms with van der Waals surface area (Å²) < 4.78 is 11.2. The number of ether oxygens (including phenoxy) is 2. The maximum atomic E-state index is 12.7. The zero-order chi connectivity index (χ0) is 17.0. The van der Waals surface area contributed by atoms with Crippen molar-refractivity contribution in [3.05, 3.63) is 57.6 Å². The fraction of sp³-hybridized carbons (Fsp3) is 0.278. The Bertz CT molecular complexity index is 715. The van der Waals surface area contributed by atoms with Gasteiger partial charge in [-0.1, -0.05) is 24.3 Å². The molecule has 0 spiro atoms. The first kappa shape index (κ1) is 17.3. The second kappa shape index (κ2) is 7.51. The van der Waals surface area contributed by atoms with Crippen LogP contribution in [0.2, 0.25) is 0 Å². The number of carbonyl (C=O) groups excluding carboxylic acids is 1. The Labute approximate surface area is 144 Å². The molecule has 0 aromatic heterocycles. The monoisotopic (exact) mass is 377 g/mol. The molecule has 0 aliphatic carbocycles. The van der Waals surface area contributed by atoms with Crippen LogP contribution in [-0.2, 0) is 0 Å². The third-order valence-corrected chi connectivity index (χ3v) is 4.29. The summed E-state index contributed by atoms with van der Waals surface area (Å²) >= 11 is 3.41. The lowest BCUT2D eigenvalue weighted by molar-refractivity contribution is 0.0936. The van der Waals surface area contributed by atoms with Gasteiger partial charge in [0.15, 0.2) is 0 Å². The number of aryl methyl sites for hydroxylation is 1. The van der Waals surface area contributed by atoms with Crippen molar-refractivity contribution in [1.82, 2.24) is 5.32 Å². The number of hydrogen-bond donors (Lipinski definition) is 1. The summed E-state index contributed by atoms with van der Waals surface area (Å²) in [4.78, 5) is 12.7. The van der Waals surface area contributed by atoms with E-state index >= 15 is 0 Å². The molecular formula is C18H20BrNO3. The molecule has 4 nitrogen and oxygen atoms in total. The minimum absolute atomic E-state index is 0.113. The van der Waals surface area contributed by atoms with E-state index in [2.05, 4.69) is 21.2 Å². The minimum Gasteiger partial charge on any atom is -0.497 e. The summed E-state index contributed by atoms with van der Waals surface area (Å²) in [5.41, 5.74) is 2.65. The van der Waals surface area contributed by atoms with Gasteiger partial charge in [-0.25, -0.2) is 0 Å². The Hall–Kier alpha value is -2.01. The van der Waals surface area contributed by atoms with Gasteiger partial charge >= 0.3 is 0 Å². The molecule has 23 heavy (non-hydrogen) atoms. The van der Waals surface area contributed by atoms with Crippen molar-refractivity contribution in [1.29, 1.82) is 0 Å². The van der Waals surface area contributed by atoms with Gasteiger partial charge in [0.1, 0.15) is 11.5 Å². The molecule has 0 aliphatic heterocycles. The van der Waals surface area contributed by atoms with Crippen LogP contribution in [0.5, 0.6) is 11.5 Å². The van der Waals surface area contributed by atoms with Gasteiger partial charge in [-0.15, -0.1) is 0 Å². The van der Waals surface area contributed by atoms with Gasteiger partial charge in [0.25, 0.3) is 5.91 Å². The summed E-state index contributed by atoms with van der Waals surface area (Å²) in [6.45, 7) is 3.99. The summed E-state index contributed by atoms with van der Waals surface area (Å²) in [6, 6.07) is 11.3. The van der Waals surface area contributed by atoms with Crippen molar-refractivity contribution < 1.29 is 14.3 Å². The number of benzene rings is 2. The Morgan fingerprint density at radius 1 is 1.17 bits per heavy atom. The molecule has 122 valence electrons. The second-order valence-corrected chi connectivity index (χ2v) is 6.10. The molecule has 0 saturated heterocycles. The fourth-order valence-corrected chi connectivity index (χ4v) is 3.09. The topological polar surface area (TPSA) is 47.6 Å². The van der Waals surface area contributed by atoms with Gasteiger partial charge in [-0.3, -0.25) is 4.79 Å². The second-order valence-electron chi connectivity index (χ2n) is 5.24. The van der Waals surface area contributed by atoms with E-state index in [4.69, 9.17) is 9.47 Å². The molecule has 5 heteroatoms. The van der Waals surface area contributed by atoms with Gasteiger partial charge in [0.05, 0.1) is 30.3 Å². The number of nitrogens with one attached hydrogen (secondary N) is 1. The van der Waals surface area contributed by atoms with Crippen LogP contribution in [0, 0.1) is 6.92 Å². The van der Waals surface area contributed by atoms with Crippen LogP contribution in [0.15, 0.2) is 40.9 Å². The lowest BCUT2D eigenvalue weighted by Gasteiger charge is -2.18. The van der Waals surface area contributed by atoms with Crippen LogP contribution in [-0.4, -0.2) is 20.1 Å². The molecule has 0 saturated carbocycles. The first-order chi connectivity index (χ1) is 11.0. The molecule has 2 aromatic carbocycles. The van der Waals surface area contributed by atoms with E-state index in [1.54, 1.807) is 19.2 Å². The lowest BCUT2D eigenvalue weighted by Crippen LogP contribution is -2.27. The van der Waals surface area contributed by atoms with E-state index in [1.807, 2.05) is 38.1 Å². The van der Waals surface area contributed by atoms with Gasteiger partial charge < -0.3 is 14.8 Å². The molecule has 1 atom stereocenters. The quantitative estimate of drug-likeness (QED) is 0.846. The molecule has 0 fully saturated rings. The van der Waals surface area contributed by atoms with E-state index in [0.717, 1.165) is 11.1 Å². The molecule has 1 unspecified atom stereocenters. The molecule has 0 aliphatic rings. The van der Waals surface area contributed by atoms with Crippen LogP contribution >= 0.6 is 15.9 Å². The predicted octanol–water partition coefficient (Wildman–Crippen LogP) is 4.27. The standard InChI is InChI=1S/C18H20BrNO3/c1-11-7-5-6-8-14(11)12(2)20-18(21)15-9-13(22-3)10-16(19)17(15)23-4/h5-10,12H,1-4H3,(H,20,21). The Morgan fingerprint density at radius 2 is 1.87 bits per heavy atom. The van der Waals surface area contributed by atoms with E-state index < -0.39 is 0 Å². The first-order valence-corrected chi connectivity index (χ1v) is 8.05. The lowest BCUT2D eigenvalue weighted by atomic mass is 10.0. The van der Waals surface area contributed by atoms with Crippen molar-refractivity contribution in [3.63, 3.8) is 0 Å². The summed E-state index contributed by atoms with van der Waals surface area (Å²) in [5, 5.41) is 3.01. The highest BCUT2D eigenvalue weighted by atomic mass is 79.9. The highest BCUT2D eigenvalue weighted by Crippen LogP contribution is 2.34. The van der Waals surface area contributed by atoms with Gasteiger partial charge in [-0.05, 0) is 53.0 Å². The van der Waals surface area contributed by atoms with Gasteiger partial charge in [-0.2, -0.15) is 0 Å². The number of rotatable bonds is 5. The Morgan fingerprint density at radius 3 is 2.48 bits per heavy atom. The molecule has 2 rings (SSSR count). The Kier molecular flexibility index (Phi) is 5.66. The van der Waals surface area contributed by atoms with E-state index in [9.17, 15) is 4.79 Å². The Balaban J connectivity index is 2.30. The molecule has 0 radical (unpaired) electrons. The maximum absolute atomic E-state index is 12.7. The highest BCUT2D eigenvalue weighted by Gasteiger charge is 2.19. The molecule has 2 aromatic rings. The number of carbonyl (C=O) groups is 1. The van der Waals surface area contributed by atoms with Crippen molar-refractivity contribution >= 4 is 21.8 Å². The average molecular weight is 378 g/mol. The number of halogens is 1. The average Bonchev–Trinajstić information content (AvgIpc) is 2.54. The van der Waals surface area contributed by atoms with Crippen molar-refractivity contribution in [3.8, 4) is 11.5 Å². The van der Waals surface area contributed by atoms with E-state index in [1.165, 1.54) is 7.11 Å². The normalized spacial score (nSPS) is 11.7. The first-order valence-electron chi connectivity index (χ1n) is 7.25. The van der Waals surface area contributed by atoms with Crippen LogP contribution in [0.4, 0.5) is 0 Å². The highest BCUT2D eigenvalue weighted by molar-refractivity contribution is 9.10. The minimum atomic E-state index is -0.211. The smallest absolute Gasteiger partial charge is 0.255 e. The zero-order valence-corrected chi connectivity index (χ0v) is 15.2. The molecule has 1 amide bonds. The van der Waals surface area contributed by atoms with Crippen molar-refractivity contribution in [2.45, 2.75) is 19.9 Å². The van der Waals surface area contributed by atoms with Crippen LogP contribution in [0.25, 0.3) is 0 Å². The van der Waals surface area contributed by atoms with Gasteiger partial charge in [0.2, 0.25) is 0 Å². The third-order valence-electron chi connectivity index (χ3n) is 3.70. The zero-order valence-electron chi connectivity index (χ0n) is 13.6. The van der Waals surface area contributed by atoms with E-state index in [0.29, 0.717) is 21.5 Å². The number of hydrogen-bond acceptors (Lipinski definition) is 3. The van der Waals surface area contributed by atoms with Crippen LogP contribution < -0.4 is 14.8 Å². The van der Waals surface area contributed by atoms with Crippen LogP contribution in [0.1, 0.15) is 34.5 Å². The summed E-state index contributed by atoms with van der Waals surface area (Å²) in [6.07, 6.45) is 0. The molecular weight excluding hydrogens is 358 g/mol. The van der Waals surface area contributed by atoms with Crippen LogP contribution in [0.3, 0.4) is 0 Å². The third kappa shape index (κ3) is 3.85. The largest absolute Gasteiger partial charge is 0.497 e. The summed E-state index contributed by atoms with van der Waals surface area (Å²) in [5.74, 6) is 0.865. The predicted molar refractivity (Wildman–Crippen MR) is 94.3 cm³/mol. The van der Waals surface area contributed by atoms with Crippen molar-refractivity contribution in [2.24, 2.45) is 0 Å². The number of amides is 1. The fourth-order valence-electron chi connectivity index (χ4n) is 2.49. The van der Waals surface area contributed by atoms with Gasteiger partial charge in [0, 0.05) is 0 Å². The molecule has 0 heterocycles. The SMILES string of the molecule is COc1cc(Br)c(OC)c(C(=O)NC(C)c2ccccc2C)c1.